The maximum atomic E-state index is 5.22. The first kappa shape index (κ1) is 25.4. The Bertz CT molecular complexity index is 2440. The zero-order valence-corrected chi connectivity index (χ0v) is 24.3. The zero-order chi connectivity index (χ0) is 29.7. The predicted octanol–water partition coefficient (Wildman–Crippen LogP) is 10.3. The smallest absolute Gasteiger partial charge is 0.0899 e. The van der Waals surface area contributed by atoms with Crippen molar-refractivity contribution in [2.75, 3.05) is 0 Å². The van der Waals surface area contributed by atoms with Crippen LogP contribution in [0.3, 0.4) is 0 Å². The van der Waals surface area contributed by atoms with Crippen molar-refractivity contribution in [3.63, 3.8) is 0 Å². The molecule has 0 radical (unpaired) electrons. The number of rotatable bonds is 4. The molecule has 0 aliphatic carbocycles. The van der Waals surface area contributed by atoms with Crippen LogP contribution in [0.15, 0.2) is 158 Å². The molecule has 4 heterocycles. The van der Waals surface area contributed by atoms with E-state index >= 15 is 0 Å². The molecule has 0 bridgehead atoms. The molecule has 0 N–H and O–H groups in total. The van der Waals surface area contributed by atoms with Gasteiger partial charge in [-0.15, -0.1) is 0 Å². The lowest BCUT2D eigenvalue weighted by atomic mass is 9.91. The van der Waals surface area contributed by atoms with Gasteiger partial charge in [-0.2, -0.15) is 0 Å². The third kappa shape index (κ3) is 4.19. The molecular weight excluding hydrogens is 548 g/mol. The van der Waals surface area contributed by atoms with Gasteiger partial charge in [0.25, 0.3) is 0 Å². The lowest BCUT2D eigenvalue weighted by Crippen LogP contribution is -1.97. The molecule has 0 atom stereocenters. The number of hydrogen-bond acceptors (Lipinski definition) is 3. The molecule has 45 heavy (non-hydrogen) atoms. The summed E-state index contributed by atoms with van der Waals surface area (Å²) in [4.78, 5) is 14.4. The van der Waals surface area contributed by atoms with Crippen LogP contribution in [-0.2, 0) is 0 Å². The number of fused-ring (bicyclic) bond motifs is 5. The summed E-state index contributed by atoms with van der Waals surface area (Å²) in [6, 6.07) is 49.2. The van der Waals surface area contributed by atoms with Gasteiger partial charge >= 0.3 is 0 Å². The van der Waals surface area contributed by atoms with Crippen LogP contribution in [0.4, 0.5) is 0 Å². The van der Waals surface area contributed by atoms with E-state index in [1.54, 1.807) is 0 Å². The van der Waals surface area contributed by atoms with Crippen LogP contribution in [0.25, 0.3) is 82.8 Å². The van der Waals surface area contributed by atoms with Crippen molar-refractivity contribution in [3.8, 4) is 39.5 Å². The summed E-state index contributed by atoms with van der Waals surface area (Å²) in [5, 5.41) is 7.25. The standard InChI is InChI=1S/C41H26N4/c1-3-14-32-27(10-1)22-28-11-2-4-15-33(28)41(32)30-24-37(44-38(25-30)36-17-7-8-20-43-36)29-12-9-13-31(23-29)45-39-18-6-5-16-34(39)35-19-21-42-26-40(35)45/h1-26H. The molecule has 9 aromatic rings. The fourth-order valence-electron chi connectivity index (χ4n) is 6.69. The number of nitrogens with zero attached hydrogens (tertiary/aromatic N) is 4. The predicted molar refractivity (Wildman–Crippen MR) is 185 cm³/mol. The van der Waals surface area contributed by atoms with Crippen molar-refractivity contribution in [1.29, 1.82) is 0 Å². The average molecular weight is 575 g/mol. The molecule has 0 saturated heterocycles. The Morgan fingerprint density at radius 3 is 1.96 bits per heavy atom. The number of para-hydroxylation sites is 1. The van der Waals surface area contributed by atoms with E-state index in [1.807, 2.05) is 36.8 Å². The molecule has 210 valence electrons. The number of aromatic nitrogens is 4. The fourth-order valence-corrected chi connectivity index (χ4v) is 6.69. The van der Waals surface area contributed by atoms with Gasteiger partial charge in [0.2, 0.25) is 0 Å². The van der Waals surface area contributed by atoms with Gasteiger partial charge in [0.15, 0.2) is 0 Å². The van der Waals surface area contributed by atoms with E-state index in [2.05, 4.69) is 131 Å². The van der Waals surface area contributed by atoms with Gasteiger partial charge in [-0.1, -0.05) is 84.9 Å². The second-order valence-corrected chi connectivity index (χ2v) is 11.3. The Kier molecular flexibility index (Phi) is 5.78. The molecule has 0 spiro atoms. The highest BCUT2D eigenvalue weighted by Gasteiger charge is 2.16. The summed E-state index contributed by atoms with van der Waals surface area (Å²) in [6.45, 7) is 0. The summed E-state index contributed by atoms with van der Waals surface area (Å²) in [5.41, 5.74) is 9.21. The Labute approximate surface area is 259 Å². The lowest BCUT2D eigenvalue weighted by molar-refractivity contribution is 1.16. The monoisotopic (exact) mass is 574 g/mol. The second-order valence-electron chi connectivity index (χ2n) is 11.3. The number of benzene rings is 5. The molecule has 0 fully saturated rings. The summed E-state index contributed by atoms with van der Waals surface area (Å²) in [6.07, 6.45) is 5.64. The Hall–Kier alpha value is -6.13. The largest absolute Gasteiger partial charge is 0.308 e. The van der Waals surface area contributed by atoms with Crippen molar-refractivity contribution in [2.45, 2.75) is 0 Å². The van der Waals surface area contributed by atoms with Crippen molar-refractivity contribution in [1.82, 2.24) is 19.5 Å². The van der Waals surface area contributed by atoms with Crippen LogP contribution in [0.5, 0.6) is 0 Å². The first-order valence-corrected chi connectivity index (χ1v) is 15.1. The van der Waals surface area contributed by atoms with Gasteiger partial charge in [0.1, 0.15) is 0 Å². The van der Waals surface area contributed by atoms with Crippen LogP contribution < -0.4 is 0 Å². The van der Waals surface area contributed by atoms with Crippen LogP contribution >= 0.6 is 0 Å². The molecule has 0 saturated carbocycles. The van der Waals surface area contributed by atoms with Gasteiger partial charge < -0.3 is 4.57 Å². The molecule has 0 aliphatic heterocycles. The fraction of sp³-hybridized carbons (Fsp3) is 0. The van der Waals surface area contributed by atoms with Crippen molar-refractivity contribution >= 4 is 43.4 Å². The minimum Gasteiger partial charge on any atom is -0.308 e. The first-order chi connectivity index (χ1) is 22.3. The maximum absolute atomic E-state index is 5.22. The summed E-state index contributed by atoms with van der Waals surface area (Å²) in [5.74, 6) is 0. The first-order valence-electron chi connectivity index (χ1n) is 15.1. The van der Waals surface area contributed by atoms with E-state index in [9.17, 15) is 0 Å². The molecular formula is C41H26N4. The minimum absolute atomic E-state index is 0.839. The van der Waals surface area contributed by atoms with E-state index < -0.39 is 0 Å². The molecule has 4 aromatic heterocycles. The van der Waals surface area contributed by atoms with Crippen LogP contribution in [0.1, 0.15) is 0 Å². The second kappa shape index (κ2) is 10.2. The SMILES string of the molecule is c1ccc(-c2cc(-c3c4ccccc4cc4ccccc34)cc(-c3cccc(-n4c5ccccc5c5ccncc54)c3)n2)nc1. The highest BCUT2D eigenvalue weighted by molar-refractivity contribution is 6.13. The maximum Gasteiger partial charge on any atom is 0.0899 e. The highest BCUT2D eigenvalue weighted by Crippen LogP contribution is 2.39. The highest BCUT2D eigenvalue weighted by atomic mass is 15.0. The molecule has 5 aromatic carbocycles. The molecule has 0 aliphatic rings. The molecule has 4 nitrogen and oxygen atoms in total. The van der Waals surface area contributed by atoms with Crippen molar-refractivity contribution in [2.24, 2.45) is 0 Å². The average Bonchev–Trinajstić information content (AvgIpc) is 3.45. The Balaban J connectivity index is 1.31. The minimum atomic E-state index is 0.839. The van der Waals surface area contributed by atoms with Gasteiger partial charge in [-0.25, -0.2) is 4.98 Å². The van der Waals surface area contributed by atoms with Gasteiger partial charge in [0.05, 0.1) is 34.3 Å². The van der Waals surface area contributed by atoms with Crippen LogP contribution in [0.2, 0.25) is 0 Å². The van der Waals surface area contributed by atoms with E-state index in [0.717, 1.165) is 44.9 Å². The number of pyridine rings is 3. The molecule has 9 rings (SSSR count). The third-order valence-corrected chi connectivity index (χ3v) is 8.69. The van der Waals surface area contributed by atoms with E-state index in [-0.39, 0.29) is 0 Å². The Morgan fingerprint density at radius 1 is 0.444 bits per heavy atom. The topological polar surface area (TPSA) is 43.6 Å². The number of hydrogen-bond donors (Lipinski definition) is 0. The van der Waals surface area contributed by atoms with E-state index in [1.165, 1.54) is 37.9 Å². The lowest BCUT2D eigenvalue weighted by Gasteiger charge is -2.15. The van der Waals surface area contributed by atoms with Gasteiger partial charge in [0, 0.05) is 34.4 Å². The zero-order valence-electron chi connectivity index (χ0n) is 24.3. The summed E-state index contributed by atoms with van der Waals surface area (Å²) >= 11 is 0. The molecule has 0 unspecified atom stereocenters. The Morgan fingerprint density at radius 2 is 1.16 bits per heavy atom. The third-order valence-electron chi connectivity index (χ3n) is 8.69. The summed E-state index contributed by atoms with van der Waals surface area (Å²) in [7, 11) is 0. The quantitative estimate of drug-likeness (QED) is 0.196. The van der Waals surface area contributed by atoms with E-state index in [0.29, 0.717) is 0 Å². The van der Waals surface area contributed by atoms with Crippen molar-refractivity contribution < 1.29 is 0 Å². The normalized spacial score (nSPS) is 11.6. The van der Waals surface area contributed by atoms with Crippen LogP contribution in [0, 0.1) is 0 Å². The molecule has 4 heteroatoms. The van der Waals surface area contributed by atoms with Gasteiger partial charge in [-0.3, -0.25) is 9.97 Å². The molecule has 0 amide bonds. The van der Waals surface area contributed by atoms with Crippen LogP contribution in [-0.4, -0.2) is 19.5 Å². The van der Waals surface area contributed by atoms with Gasteiger partial charge in [-0.05, 0) is 87.3 Å². The van der Waals surface area contributed by atoms with E-state index in [4.69, 9.17) is 9.97 Å². The van der Waals surface area contributed by atoms with Crippen molar-refractivity contribution in [3.05, 3.63) is 158 Å². The summed E-state index contributed by atoms with van der Waals surface area (Å²) < 4.78 is 2.29.